The van der Waals surface area contributed by atoms with Crippen LogP contribution in [0.15, 0.2) is 36.4 Å². The number of alkyl halides is 6. The summed E-state index contributed by atoms with van der Waals surface area (Å²) in [4.78, 5) is 12.0. The summed E-state index contributed by atoms with van der Waals surface area (Å²) in [6.07, 6.45) is -11.1. The molecule has 33 heavy (non-hydrogen) atoms. The summed E-state index contributed by atoms with van der Waals surface area (Å²) in [5.74, 6) is -5.42. The summed E-state index contributed by atoms with van der Waals surface area (Å²) in [6, 6.07) is 3.26. The summed E-state index contributed by atoms with van der Waals surface area (Å²) >= 11 is 17.2. The normalized spacial score (nSPS) is 14.7. The van der Waals surface area contributed by atoms with Crippen LogP contribution in [0.4, 0.5) is 30.7 Å². The number of carbonyl (C=O) groups is 1. The van der Waals surface area contributed by atoms with E-state index in [1.54, 1.807) is 0 Å². The first-order valence-electron chi connectivity index (χ1n) is 8.89. The molecule has 1 amide bonds. The van der Waals surface area contributed by atoms with Gasteiger partial charge in [0.1, 0.15) is 11.7 Å². The fourth-order valence-electron chi connectivity index (χ4n) is 2.79. The number of carbonyl (C=O) groups excluding carboxylic acids is 1. The van der Waals surface area contributed by atoms with Crippen molar-refractivity contribution in [1.82, 2.24) is 5.32 Å². The Morgan fingerprint density at radius 3 is 2.03 bits per heavy atom. The number of nitrogens with one attached hydrogen (secondary N) is 1. The highest BCUT2D eigenvalue weighted by atomic mass is 35.5. The average molecular weight is 538 g/mol. The summed E-state index contributed by atoms with van der Waals surface area (Å²) in [5, 5.41) is 1.18. The molecule has 3 nitrogen and oxygen atoms in total. The lowest BCUT2D eigenvalue weighted by Crippen LogP contribution is -2.39. The first-order valence-corrected chi connectivity index (χ1v) is 10.0. The summed E-state index contributed by atoms with van der Waals surface area (Å²) in [5.41, 5.74) is 1.49. The van der Waals surface area contributed by atoms with Crippen molar-refractivity contribution >= 4 is 46.5 Å². The lowest BCUT2D eigenvalue weighted by molar-refractivity contribution is -0.140. The largest absolute Gasteiger partial charge is 0.417 e. The average Bonchev–Trinajstić information content (AvgIpc) is 2.67. The molecule has 1 unspecified atom stereocenters. The summed E-state index contributed by atoms with van der Waals surface area (Å²) in [6.45, 7) is 1.30. The third-order valence-electron chi connectivity index (χ3n) is 4.24. The van der Waals surface area contributed by atoms with Gasteiger partial charge < -0.3 is 11.1 Å². The molecule has 2 aromatic rings. The molecule has 0 saturated heterocycles. The van der Waals surface area contributed by atoms with E-state index in [1.165, 1.54) is 6.92 Å². The molecule has 0 heterocycles. The van der Waals surface area contributed by atoms with Crippen LogP contribution < -0.4 is 11.1 Å². The maximum atomic E-state index is 14.8. The van der Waals surface area contributed by atoms with Gasteiger partial charge in [-0.15, -0.1) is 0 Å². The molecule has 0 bridgehead atoms. The maximum Gasteiger partial charge on any atom is 0.417 e. The molecule has 2 aromatic carbocycles. The van der Waals surface area contributed by atoms with Crippen molar-refractivity contribution in [2.24, 2.45) is 5.73 Å². The number of rotatable bonds is 5. The molecule has 0 spiro atoms. The Labute approximate surface area is 198 Å². The van der Waals surface area contributed by atoms with Gasteiger partial charge in [-0.05, 0) is 42.8 Å². The molecule has 3 N–H and O–H groups in total. The molecule has 0 aliphatic heterocycles. The van der Waals surface area contributed by atoms with Gasteiger partial charge in [0.05, 0.1) is 32.4 Å². The second kappa shape index (κ2) is 10.1. The van der Waals surface area contributed by atoms with Gasteiger partial charge in [-0.3, -0.25) is 4.79 Å². The Hall–Kier alpha value is -2.01. The third-order valence-corrected chi connectivity index (χ3v) is 5.43. The quantitative estimate of drug-likeness (QED) is 0.238. The molecule has 180 valence electrons. The van der Waals surface area contributed by atoms with Gasteiger partial charge in [0.2, 0.25) is 0 Å². The SMILES string of the molecule is C[C@H](N)NC(=O)c1ccc(/C(F)=C/C(c2cc(Cl)c(Cl)c(Cl)c2)C(F)(F)F)cc1C(F)(F)F. The lowest BCUT2D eigenvalue weighted by atomic mass is 9.95. The van der Waals surface area contributed by atoms with Gasteiger partial charge in [-0.2, -0.15) is 26.3 Å². The number of nitrogens with two attached hydrogens (primary N) is 1. The van der Waals surface area contributed by atoms with Crippen molar-refractivity contribution in [3.05, 3.63) is 73.7 Å². The first-order chi connectivity index (χ1) is 15.0. The van der Waals surface area contributed by atoms with Crippen molar-refractivity contribution in [3.63, 3.8) is 0 Å². The second-order valence-corrected chi connectivity index (χ2v) is 8.05. The standard InChI is InChI=1S/C20H14Cl3F7N2O/c1-8(31)32-18(33)11-3-2-9(4-13(11)20(28,29)30)16(24)7-12(19(25,26)27)10-5-14(21)17(23)15(22)6-10/h2-8,12H,31H2,1H3,(H,32,33)/b16-7-/t8-,12?/m1/s1. The van der Waals surface area contributed by atoms with Gasteiger partial charge >= 0.3 is 12.4 Å². The van der Waals surface area contributed by atoms with Crippen molar-refractivity contribution in [1.29, 1.82) is 0 Å². The highest BCUT2D eigenvalue weighted by molar-refractivity contribution is 6.48. The Kier molecular flexibility index (Phi) is 8.32. The zero-order valence-electron chi connectivity index (χ0n) is 16.4. The van der Waals surface area contributed by atoms with Crippen LogP contribution in [0.2, 0.25) is 15.1 Å². The minimum absolute atomic E-state index is 0.0765. The van der Waals surface area contributed by atoms with Crippen LogP contribution in [0.5, 0.6) is 0 Å². The molecule has 0 radical (unpaired) electrons. The number of hydrogen-bond acceptors (Lipinski definition) is 2. The second-order valence-electron chi connectivity index (χ2n) is 6.85. The monoisotopic (exact) mass is 536 g/mol. The number of amides is 1. The topological polar surface area (TPSA) is 55.1 Å². The van der Waals surface area contributed by atoms with E-state index >= 15 is 0 Å². The molecule has 0 aromatic heterocycles. The van der Waals surface area contributed by atoms with E-state index in [4.69, 9.17) is 40.5 Å². The van der Waals surface area contributed by atoms with Crippen molar-refractivity contribution in [2.75, 3.05) is 0 Å². The van der Waals surface area contributed by atoms with Gasteiger partial charge in [0.15, 0.2) is 0 Å². The van der Waals surface area contributed by atoms with E-state index in [0.29, 0.717) is 6.07 Å². The van der Waals surface area contributed by atoms with Crippen LogP contribution in [-0.2, 0) is 6.18 Å². The maximum absolute atomic E-state index is 14.8. The molecule has 13 heteroatoms. The van der Waals surface area contributed by atoms with E-state index in [9.17, 15) is 35.5 Å². The fraction of sp³-hybridized carbons (Fsp3) is 0.250. The van der Waals surface area contributed by atoms with Gasteiger partial charge in [-0.25, -0.2) is 4.39 Å². The van der Waals surface area contributed by atoms with Gasteiger partial charge in [0, 0.05) is 5.56 Å². The van der Waals surface area contributed by atoms with E-state index < -0.39 is 58.4 Å². The molecule has 0 aliphatic rings. The van der Waals surface area contributed by atoms with Crippen molar-refractivity contribution < 1.29 is 35.5 Å². The Bertz CT molecular complexity index is 1060. The lowest BCUT2D eigenvalue weighted by Gasteiger charge is -2.19. The Morgan fingerprint density at radius 2 is 1.58 bits per heavy atom. The van der Waals surface area contributed by atoms with Crippen LogP contribution in [0.25, 0.3) is 5.83 Å². The molecule has 0 aliphatic carbocycles. The van der Waals surface area contributed by atoms with Crippen LogP contribution in [-0.4, -0.2) is 18.2 Å². The Balaban J connectivity index is 2.60. The molecular formula is C20H14Cl3F7N2O. The zero-order chi connectivity index (χ0) is 25.3. The van der Waals surface area contributed by atoms with Crippen LogP contribution in [0.3, 0.4) is 0 Å². The van der Waals surface area contributed by atoms with Gasteiger partial charge in [0.25, 0.3) is 5.91 Å². The van der Waals surface area contributed by atoms with Crippen molar-refractivity contribution in [2.45, 2.75) is 31.4 Å². The van der Waals surface area contributed by atoms with Crippen molar-refractivity contribution in [3.8, 4) is 0 Å². The third kappa shape index (κ3) is 6.75. The summed E-state index contributed by atoms with van der Waals surface area (Å²) < 4.78 is 96.0. The van der Waals surface area contributed by atoms with Crippen LogP contribution in [0.1, 0.15) is 39.9 Å². The van der Waals surface area contributed by atoms with E-state index in [0.717, 1.165) is 18.2 Å². The van der Waals surface area contributed by atoms with E-state index in [-0.39, 0.29) is 27.2 Å². The highest BCUT2D eigenvalue weighted by Crippen LogP contribution is 2.42. The van der Waals surface area contributed by atoms with Crippen LogP contribution in [0, 0.1) is 0 Å². The molecule has 2 rings (SSSR count). The van der Waals surface area contributed by atoms with E-state index in [1.807, 2.05) is 0 Å². The predicted molar refractivity (Wildman–Crippen MR) is 112 cm³/mol. The molecular weight excluding hydrogens is 524 g/mol. The minimum Gasteiger partial charge on any atom is -0.337 e. The minimum atomic E-state index is -5.11. The summed E-state index contributed by atoms with van der Waals surface area (Å²) in [7, 11) is 0. The first kappa shape index (κ1) is 27.2. The van der Waals surface area contributed by atoms with E-state index in [2.05, 4.69) is 5.32 Å². The van der Waals surface area contributed by atoms with Crippen LogP contribution >= 0.6 is 34.8 Å². The zero-order valence-corrected chi connectivity index (χ0v) is 18.7. The smallest absolute Gasteiger partial charge is 0.337 e. The number of halogens is 10. The van der Waals surface area contributed by atoms with Gasteiger partial charge in [-0.1, -0.05) is 40.9 Å². The number of benzene rings is 2. The fourth-order valence-corrected chi connectivity index (χ4v) is 3.40. The highest BCUT2D eigenvalue weighted by Gasteiger charge is 2.41. The number of hydrogen-bond donors (Lipinski definition) is 2. The Morgan fingerprint density at radius 1 is 1.03 bits per heavy atom. The molecule has 2 atom stereocenters. The molecule has 0 fully saturated rings. The number of allylic oxidation sites excluding steroid dienone is 1. The predicted octanol–water partition coefficient (Wildman–Crippen LogP) is 7.36. The molecule has 0 saturated carbocycles.